The molecule has 0 bridgehead atoms. The summed E-state index contributed by atoms with van der Waals surface area (Å²) in [5.41, 5.74) is 18.1. The molecule has 0 amide bonds. The fourth-order valence-electron chi connectivity index (χ4n) is 10.2. The Bertz CT molecular complexity index is 3220. The van der Waals surface area contributed by atoms with Crippen molar-refractivity contribution in [1.29, 1.82) is 0 Å². The molecular formula is C54H35BN4. The Morgan fingerprint density at radius 3 is 1.07 bits per heavy atom. The smallest absolute Gasteiger partial charge is 0.361 e. The van der Waals surface area contributed by atoms with Crippen LogP contribution in [-0.2, 0) is 0 Å². The molecule has 0 saturated heterocycles. The first-order valence-corrected chi connectivity index (χ1v) is 20.4. The number of rotatable bonds is 4. The molecular weight excluding hydrogens is 715 g/mol. The van der Waals surface area contributed by atoms with Gasteiger partial charge in [0.2, 0.25) is 0 Å². The lowest BCUT2D eigenvalue weighted by Gasteiger charge is -2.47. The van der Waals surface area contributed by atoms with Crippen molar-refractivity contribution in [1.82, 2.24) is 9.13 Å². The number of anilines is 4. The Balaban J connectivity index is 1.17. The van der Waals surface area contributed by atoms with E-state index < -0.39 is 0 Å². The minimum Gasteiger partial charge on any atom is -0.361 e. The summed E-state index contributed by atoms with van der Waals surface area (Å²) in [6.45, 7) is -0.190. The van der Waals surface area contributed by atoms with E-state index in [4.69, 9.17) is 0 Å². The van der Waals surface area contributed by atoms with Crippen LogP contribution in [-0.4, -0.2) is 16.1 Å². The van der Waals surface area contributed by atoms with E-state index in [9.17, 15) is 0 Å². The molecule has 13 rings (SSSR count). The first kappa shape index (κ1) is 32.3. The number of fused-ring (bicyclic) bond motifs is 10. The average molecular weight is 751 g/mol. The molecule has 2 aliphatic heterocycles. The van der Waals surface area contributed by atoms with E-state index in [1.54, 1.807) is 0 Å². The Hall–Kier alpha value is -7.76. The van der Waals surface area contributed by atoms with Gasteiger partial charge in [-0.3, -0.25) is 0 Å². The van der Waals surface area contributed by atoms with Crippen LogP contribution in [0.15, 0.2) is 212 Å². The van der Waals surface area contributed by atoms with E-state index in [1.807, 2.05) is 0 Å². The second kappa shape index (κ2) is 12.4. The molecule has 0 spiro atoms. The third-order valence-corrected chi connectivity index (χ3v) is 12.6. The zero-order valence-electron chi connectivity index (χ0n) is 32.1. The minimum atomic E-state index is -0.190. The van der Waals surface area contributed by atoms with Crippen LogP contribution < -0.4 is 15.1 Å². The SMILES string of the molecule is c1ccc(N2B3c4c(cccc4-c4cc5c6ccccc6n(-c6ccccc6)c5cc4N3c3ccccc3)-c3cc4c5ccccc5n(-c5ccccc5)c4cc32)cc1. The van der Waals surface area contributed by atoms with Crippen LogP contribution in [0.25, 0.3) is 77.2 Å². The highest BCUT2D eigenvalue weighted by atomic mass is 15.2. The fourth-order valence-corrected chi connectivity index (χ4v) is 10.2. The summed E-state index contributed by atoms with van der Waals surface area (Å²) in [5, 5.41) is 5.00. The lowest BCUT2D eigenvalue weighted by Crippen LogP contribution is -2.61. The van der Waals surface area contributed by atoms with Crippen molar-refractivity contribution in [2.75, 3.05) is 9.62 Å². The number of benzene rings is 9. The Morgan fingerprint density at radius 2 is 0.644 bits per heavy atom. The van der Waals surface area contributed by atoms with Gasteiger partial charge in [-0.1, -0.05) is 127 Å². The van der Waals surface area contributed by atoms with E-state index in [0.29, 0.717) is 0 Å². The Labute approximate surface area is 342 Å². The standard InChI is InChI=1S/C54H35BN4/c1-5-18-36(19-6-1)56-48-30-15-13-26-40(48)44-32-46-42-28-17-29-43-47-33-45-41-27-14-16-31-49(41)57(37-20-7-2-8-21-37)51(45)35-53(47)59(39-24-11-4-12-25-39)55(54(42)43)58(52(46)34-50(44)56)38-22-9-3-10-23-38/h1-35H. The van der Waals surface area contributed by atoms with E-state index in [1.165, 1.54) is 82.7 Å². The molecule has 2 aromatic heterocycles. The topological polar surface area (TPSA) is 16.3 Å². The van der Waals surface area contributed by atoms with Crippen molar-refractivity contribution < 1.29 is 0 Å². The van der Waals surface area contributed by atoms with Gasteiger partial charge in [0.1, 0.15) is 0 Å². The van der Waals surface area contributed by atoms with Crippen LogP contribution in [0, 0.1) is 0 Å². The van der Waals surface area contributed by atoms with Crippen molar-refractivity contribution in [3.63, 3.8) is 0 Å². The molecule has 0 fully saturated rings. The second-order valence-corrected chi connectivity index (χ2v) is 15.7. The average Bonchev–Trinajstić information content (AvgIpc) is 3.81. The van der Waals surface area contributed by atoms with Gasteiger partial charge in [-0.15, -0.1) is 0 Å². The number of para-hydroxylation sites is 6. The van der Waals surface area contributed by atoms with Crippen molar-refractivity contribution >= 4 is 78.8 Å². The van der Waals surface area contributed by atoms with Gasteiger partial charge >= 0.3 is 6.98 Å². The minimum absolute atomic E-state index is 0.190. The zero-order chi connectivity index (χ0) is 38.6. The second-order valence-electron chi connectivity index (χ2n) is 15.7. The summed E-state index contributed by atoms with van der Waals surface area (Å²) >= 11 is 0. The summed E-state index contributed by atoms with van der Waals surface area (Å²) < 4.78 is 4.87. The lowest BCUT2D eigenvalue weighted by molar-refractivity contribution is 1.17. The van der Waals surface area contributed by atoms with Gasteiger partial charge in [-0.25, -0.2) is 0 Å². The molecule has 4 heterocycles. The molecule has 0 unspecified atom stereocenters. The third-order valence-electron chi connectivity index (χ3n) is 12.6. The zero-order valence-corrected chi connectivity index (χ0v) is 32.1. The highest BCUT2D eigenvalue weighted by Gasteiger charge is 2.47. The van der Waals surface area contributed by atoms with Crippen LogP contribution in [0.3, 0.4) is 0 Å². The molecule has 0 aliphatic carbocycles. The van der Waals surface area contributed by atoms with E-state index in [0.717, 1.165) is 22.7 Å². The maximum atomic E-state index is 2.60. The summed E-state index contributed by atoms with van der Waals surface area (Å²) in [7, 11) is 0. The molecule has 11 aromatic rings. The molecule has 274 valence electrons. The Morgan fingerprint density at radius 1 is 0.271 bits per heavy atom. The first-order chi connectivity index (χ1) is 29.3. The number of aromatic nitrogens is 2. The van der Waals surface area contributed by atoms with Crippen molar-refractivity contribution in [3.8, 4) is 33.6 Å². The van der Waals surface area contributed by atoms with E-state index in [2.05, 4.69) is 231 Å². The summed E-state index contributed by atoms with van der Waals surface area (Å²) in [6.07, 6.45) is 0. The largest absolute Gasteiger partial charge is 0.421 e. The quantitative estimate of drug-likeness (QED) is 0.167. The van der Waals surface area contributed by atoms with Gasteiger partial charge in [-0.05, 0) is 102 Å². The number of hydrogen-bond acceptors (Lipinski definition) is 2. The monoisotopic (exact) mass is 750 g/mol. The molecule has 59 heavy (non-hydrogen) atoms. The predicted molar refractivity (Wildman–Crippen MR) is 249 cm³/mol. The number of nitrogens with zero attached hydrogens (tertiary/aromatic N) is 4. The molecule has 2 aliphatic rings. The van der Waals surface area contributed by atoms with Crippen molar-refractivity contribution in [2.24, 2.45) is 0 Å². The first-order valence-electron chi connectivity index (χ1n) is 20.4. The molecule has 4 nitrogen and oxygen atoms in total. The molecule has 0 N–H and O–H groups in total. The van der Waals surface area contributed by atoms with E-state index >= 15 is 0 Å². The third kappa shape index (κ3) is 4.55. The lowest BCUT2D eigenvalue weighted by atomic mass is 9.53. The van der Waals surface area contributed by atoms with Gasteiger partial charge in [0.15, 0.2) is 0 Å². The van der Waals surface area contributed by atoms with Crippen LogP contribution >= 0.6 is 0 Å². The van der Waals surface area contributed by atoms with Gasteiger partial charge in [-0.2, -0.15) is 0 Å². The highest BCUT2D eigenvalue weighted by molar-refractivity contribution is 6.86. The highest BCUT2D eigenvalue weighted by Crippen LogP contribution is 2.52. The summed E-state index contributed by atoms with van der Waals surface area (Å²) in [4.78, 5) is 5.20. The van der Waals surface area contributed by atoms with Crippen LogP contribution in [0.2, 0.25) is 0 Å². The maximum Gasteiger partial charge on any atom is 0.421 e. The molecule has 9 aromatic carbocycles. The predicted octanol–water partition coefficient (Wildman–Crippen LogP) is 13.2. The molecule has 0 saturated carbocycles. The van der Waals surface area contributed by atoms with Gasteiger partial charge in [0.25, 0.3) is 0 Å². The van der Waals surface area contributed by atoms with Crippen LogP contribution in [0.5, 0.6) is 0 Å². The van der Waals surface area contributed by atoms with Gasteiger partial charge in [0, 0.05) is 66.8 Å². The van der Waals surface area contributed by atoms with E-state index in [-0.39, 0.29) is 6.98 Å². The number of hydrogen-bond donors (Lipinski definition) is 0. The van der Waals surface area contributed by atoms with Crippen molar-refractivity contribution in [3.05, 3.63) is 212 Å². The molecule has 0 atom stereocenters. The molecule has 5 heteroatoms. The maximum absolute atomic E-state index is 2.60. The Kier molecular flexibility index (Phi) is 6.78. The van der Waals surface area contributed by atoms with Crippen molar-refractivity contribution in [2.45, 2.75) is 0 Å². The summed E-state index contributed by atoms with van der Waals surface area (Å²) in [6, 6.07) is 78.1. The normalized spacial score (nSPS) is 13.0. The fraction of sp³-hybridized carbons (Fsp3) is 0. The van der Waals surface area contributed by atoms with Crippen LogP contribution in [0.4, 0.5) is 22.7 Å². The van der Waals surface area contributed by atoms with Gasteiger partial charge in [0.05, 0.1) is 22.1 Å². The van der Waals surface area contributed by atoms with Gasteiger partial charge < -0.3 is 18.8 Å². The molecule has 0 radical (unpaired) electrons. The summed E-state index contributed by atoms with van der Waals surface area (Å²) in [5.74, 6) is 0. The van der Waals surface area contributed by atoms with Crippen LogP contribution in [0.1, 0.15) is 0 Å².